The van der Waals surface area contributed by atoms with E-state index in [9.17, 15) is 9.59 Å². The summed E-state index contributed by atoms with van der Waals surface area (Å²) in [5.74, 6) is 1.77. The fraction of sp³-hybridized carbons (Fsp3) is 0.259. The smallest absolute Gasteiger partial charge is 0.353 e. The molecule has 1 aliphatic rings. The maximum Gasteiger partial charge on any atom is 0.353 e. The summed E-state index contributed by atoms with van der Waals surface area (Å²) in [6, 6.07) is 12.5. The highest BCUT2D eigenvalue weighted by Gasteiger charge is 2.20. The van der Waals surface area contributed by atoms with Crippen molar-refractivity contribution in [1.82, 2.24) is 0 Å². The first-order chi connectivity index (χ1) is 16.5. The van der Waals surface area contributed by atoms with Crippen LogP contribution in [0.1, 0.15) is 40.8 Å². The minimum absolute atomic E-state index is 0.137. The van der Waals surface area contributed by atoms with Gasteiger partial charge in [-0.3, -0.25) is 4.79 Å². The third kappa shape index (κ3) is 4.19. The summed E-state index contributed by atoms with van der Waals surface area (Å²) in [7, 11) is 0. The van der Waals surface area contributed by atoms with Gasteiger partial charge in [0.1, 0.15) is 22.0 Å². The largest absolute Gasteiger partial charge is 0.490 e. The molecule has 0 spiro atoms. The predicted octanol–water partition coefficient (Wildman–Crippen LogP) is 6.16. The molecule has 0 amide bonds. The van der Waals surface area contributed by atoms with Crippen molar-refractivity contribution in [3.63, 3.8) is 0 Å². The Labute approximate surface area is 200 Å². The molecular formula is C27H24O6S. The van der Waals surface area contributed by atoms with E-state index >= 15 is 0 Å². The van der Waals surface area contributed by atoms with Crippen molar-refractivity contribution in [1.29, 1.82) is 0 Å². The number of hydrogen-bond acceptors (Lipinski definition) is 7. The number of thiophene rings is 1. The summed E-state index contributed by atoms with van der Waals surface area (Å²) in [4.78, 5) is 26.7. The highest BCUT2D eigenvalue weighted by Crippen LogP contribution is 2.36. The maximum atomic E-state index is 13.6. The molecule has 1 aliphatic heterocycles. The van der Waals surface area contributed by atoms with Gasteiger partial charge < -0.3 is 18.6 Å². The average Bonchev–Trinajstić information content (AvgIpc) is 3.26. The Morgan fingerprint density at radius 1 is 1.09 bits per heavy atom. The summed E-state index contributed by atoms with van der Waals surface area (Å²) in [5.41, 5.74) is 2.23. The summed E-state index contributed by atoms with van der Waals surface area (Å²) < 4.78 is 23.3. The van der Waals surface area contributed by atoms with Crippen LogP contribution < -0.4 is 19.6 Å². The number of carbonyl (C=O) groups is 1. The Hall–Kier alpha value is -3.58. The molecule has 7 heteroatoms. The van der Waals surface area contributed by atoms with Crippen LogP contribution in [-0.2, 0) is 6.42 Å². The number of fused-ring (bicyclic) bond motifs is 2. The second kappa shape index (κ2) is 9.35. The van der Waals surface area contributed by atoms with Crippen molar-refractivity contribution in [2.75, 3.05) is 13.2 Å². The van der Waals surface area contributed by atoms with E-state index in [1.54, 1.807) is 31.2 Å². The molecule has 3 heterocycles. The van der Waals surface area contributed by atoms with Gasteiger partial charge in [-0.15, -0.1) is 11.3 Å². The number of benzene rings is 2. The molecule has 34 heavy (non-hydrogen) atoms. The van der Waals surface area contributed by atoms with Crippen LogP contribution in [0.5, 0.6) is 17.2 Å². The Morgan fingerprint density at radius 3 is 2.68 bits per heavy atom. The highest BCUT2D eigenvalue weighted by atomic mass is 32.1. The summed E-state index contributed by atoms with van der Waals surface area (Å²) in [5, 5.41) is 2.28. The van der Waals surface area contributed by atoms with Crippen LogP contribution >= 0.6 is 11.3 Å². The number of carbonyl (C=O) groups excluding carboxylic acids is 1. The van der Waals surface area contributed by atoms with E-state index in [-0.39, 0.29) is 5.43 Å². The fourth-order valence-corrected chi connectivity index (χ4v) is 4.73. The van der Waals surface area contributed by atoms with Gasteiger partial charge in [0.05, 0.1) is 24.2 Å². The first-order valence-corrected chi connectivity index (χ1v) is 12.2. The Balaban J connectivity index is 1.60. The predicted molar refractivity (Wildman–Crippen MR) is 132 cm³/mol. The second-order valence-corrected chi connectivity index (χ2v) is 9.09. The van der Waals surface area contributed by atoms with Crippen LogP contribution in [0.2, 0.25) is 0 Å². The van der Waals surface area contributed by atoms with Crippen molar-refractivity contribution in [3.8, 4) is 28.4 Å². The van der Waals surface area contributed by atoms with E-state index < -0.39 is 5.97 Å². The van der Waals surface area contributed by atoms with Gasteiger partial charge >= 0.3 is 5.97 Å². The van der Waals surface area contributed by atoms with Crippen LogP contribution in [0.25, 0.3) is 22.1 Å². The van der Waals surface area contributed by atoms with Crippen molar-refractivity contribution < 1.29 is 23.4 Å². The molecule has 0 saturated carbocycles. The molecule has 0 atom stereocenters. The molecule has 2 aromatic carbocycles. The average molecular weight is 477 g/mol. The van der Waals surface area contributed by atoms with Gasteiger partial charge in [0.2, 0.25) is 5.43 Å². The lowest BCUT2D eigenvalue weighted by Crippen LogP contribution is -2.11. The van der Waals surface area contributed by atoms with Crippen molar-refractivity contribution in [2.45, 2.75) is 33.1 Å². The highest BCUT2D eigenvalue weighted by molar-refractivity contribution is 7.12. The van der Waals surface area contributed by atoms with Crippen molar-refractivity contribution >= 4 is 28.3 Å². The fourth-order valence-electron chi connectivity index (χ4n) is 4.14. The molecule has 6 nitrogen and oxygen atoms in total. The van der Waals surface area contributed by atoms with Crippen molar-refractivity contribution in [2.24, 2.45) is 0 Å². The lowest BCUT2D eigenvalue weighted by Gasteiger charge is -2.13. The molecule has 174 valence electrons. The molecule has 0 N–H and O–H groups in total. The standard InChI is InChI=1S/C27H24O6S/c1-3-6-17-13-19-22(15-21(17)33-27(29)24-7-4-12-34-24)32-16(2)25(26(19)28)18-8-9-20-23(14-18)31-11-5-10-30-20/h4,7-9,12-15H,3,5-6,10-11H2,1-2H3. The molecule has 0 radical (unpaired) electrons. The van der Waals surface area contributed by atoms with Gasteiger partial charge in [-0.2, -0.15) is 0 Å². The van der Waals surface area contributed by atoms with Gasteiger partial charge in [-0.05, 0) is 54.1 Å². The van der Waals surface area contributed by atoms with E-state index in [1.165, 1.54) is 11.3 Å². The van der Waals surface area contributed by atoms with Gasteiger partial charge in [0.15, 0.2) is 11.5 Å². The lowest BCUT2D eigenvalue weighted by atomic mass is 10.00. The molecular weight excluding hydrogens is 452 g/mol. The quantitative estimate of drug-likeness (QED) is 0.254. The van der Waals surface area contributed by atoms with Gasteiger partial charge in [-0.1, -0.05) is 25.5 Å². The third-order valence-corrected chi connectivity index (χ3v) is 6.58. The van der Waals surface area contributed by atoms with Gasteiger partial charge in [-0.25, -0.2) is 4.79 Å². The summed E-state index contributed by atoms with van der Waals surface area (Å²) in [6.45, 7) is 4.96. The van der Waals surface area contributed by atoms with Crippen LogP contribution in [-0.4, -0.2) is 19.2 Å². The number of hydrogen-bond donors (Lipinski definition) is 0. The van der Waals surface area contributed by atoms with E-state index in [0.717, 1.165) is 18.4 Å². The molecule has 0 aliphatic carbocycles. The van der Waals surface area contributed by atoms with E-state index in [0.29, 0.717) is 69.6 Å². The molecule has 0 bridgehead atoms. The van der Waals surface area contributed by atoms with Gasteiger partial charge in [0.25, 0.3) is 0 Å². The topological polar surface area (TPSA) is 75.0 Å². The molecule has 0 saturated heterocycles. The number of rotatable bonds is 5. The minimum Gasteiger partial charge on any atom is -0.490 e. The monoisotopic (exact) mass is 476 g/mol. The molecule has 2 aromatic heterocycles. The first-order valence-electron chi connectivity index (χ1n) is 11.3. The van der Waals surface area contributed by atoms with Crippen LogP contribution in [0.3, 0.4) is 0 Å². The van der Waals surface area contributed by atoms with Crippen LogP contribution in [0, 0.1) is 6.92 Å². The zero-order valence-corrected chi connectivity index (χ0v) is 19.8. The first kappa shape index (κ1) is 22.2. The maximum absolute atomic E-state index is 13.6. The van der Waals surface area contributed by atoms with Crippen LogP contribution in [0.4, 0.5) is 0 Å². The van der Waals surface area contributed by atoms with Crippen LogP contribution in [0.15, 0.2) is 57.1 Å². The van der Waals surface area contributed by atoms with Crippen molar-refractivity contribution in [3.05, 3.63) is 74.3 Å². The molecule has 0 fully saturated rings. The van der Waals surface area contributed by atoms with Gasteiger partial charge in [0, 0.05) is 12.5 Å². The molecule has 0 unspecified atom stereocenters. The van der Waals surface area contributed by atoms with E-state index in [1.807, 2.05) is 30.5 Å². The van der Waals surface area contributed by atoms with E-state index in [2.05, 4.69) is 0 Å². The number of ether oxygens (including phenoxy) is 3. The Bertz CT molecular complexity index is 1420. The third-order valence-electron chi connectivity index (χ3n) is 5.73. The molecule has 4 aromatic rings. The SMILES string of the molecule is CCCc1cc2c(=O)c(-c3ccc4c(c3)OCCCO4)c(C)oc2cc1OC(=O)c1cccs1. The zero-order chi connectivity index (χ0) is 23.7. The zero-order valence-electron chi connectivity index (χ0n) is 19.0. The summed E-state index contributed by atoms with van der Waals surface area (Å²) >= 11 is 1.32. The number of esters is 1. The minimum atomic E-state index is -0.422. The van der Waals surface area contributed by atoms with E-state index in [4.69, 9.17) is 18.6 Å². The normalized spacial score (nSPS) is 13.0. The number of aryl methyl sites for hydroxylation is 2. The summed E-state index contributed by atoms with van der Waals surface area (Å²) in [6.07, 6.45) is 2.30. The Morgan fingerprint density at radius 2 is 1.91 bits per heavy atom. The lowest BCUT2D eigenvalue weighted by molar-refractivity contribution is 0.0738. The molecule has 5 rings (SSSR count). The Kier molecular flexibility index (Phi) is 6.11. The second-order valence-electron chi connectivity index (χ2n) is 8.15.